The first-order valence-corrected chi connectivity index (χ1v) is 5.65. The predicted molar refractivity (Wildman–Crippen MR) is 66.0 cm³/mol. The minimum absolute atomic E-state index is 0.0115. The van der Waals surface area contributed by atoms with Crippen LogP contribution in [0.15, 0.2) is 18.3 Å². The minimum atomic E-state index is 0.0115. The Morgan fingerprint density at radius 1 is 1.53 bits per heavy atom. The predicted octanol–water partition coefficient (Wildman–Crippen LogP) is 0.368. The van der Waals surface area contributed by atoms with Crippen LogP contribution in [-0.2, 0) is 11.3 Å². The Morgan fingerprint density at radius 2 is 2.29 bits per heavy atom. The van der Waals surface area contributed by atoms with Crippen molar-refractivity contribution in [2.24, 2.45) is 0 Å². The summed E-state index contributed by atoms with van der Waals surface area (Å²) in [5.41, 5.74) is 0.603. The van der Waals surface area contributed by atoms with Crippen LogP contribution in [0.5, 0.6) is 0 Å². The summed E-state index contributed by atoms with van der Waals surface area (Å²) in [5.74, 6) is 0.0115. The molecule has 1 N–H and O–H groups in total. The van der Waals surface area contributed by atoms with E-state index in [-0.39, 0.29) is 5.91 Å². The first-order chi connectivity index (χ1) is 8.13. The van der Waals surface area contributed by atoms with Crippen molar-refractivity contribution in [3.05, 3.63) is 24.0 Å². The molecule has 0 aliphatic rings. The summed E-state index contributed by atoms with van der Waals surface area (Å²) in [5, 5.41) is 2.83. The summed E-state index contributed by atoms with van der Waals surface area (Å²) in [6, 6.07) is 3.53. The molecule has 1 amide bonds. The maximum atomic E-state index is 11.5. The lowest BCUT2D eigenvalue weighted by molar-refractivity contribution is -0.121. The van der Waals surface area contributed by atoms with Crippen molar-refractivity contribution < 1.29 is 9.59 Å². The molecule has 0 spiro atoms. The molecule has 0 bridgehead atoms. The lowest BCUT2D eigenvalue weighted by Crippen LogP contribution is -2.31. The van der Waals surface area contributed by atoms with Gasteiger partial charge in [-0.2, -0.15) is 0 Å². The third-order valence-electron chi connectivity index (χ3n) is 2.45. The molecular formula is C12H19N3O2. The van der Waals surface area contributed by atoms with Crippen LogP contribution in [0.2, 0.25) is 0 Å². The number of hydrogen-bond donors (Lipinski definition) is 1. The minimum Gasteiger partial charge on any atom is -0.355 e. The number of aldehydes is 1. The van der Waals surface area contributed by atoms with Crippen LogP contribution in [0.25, 0.3) is 0 Å². The molecule has 1 aromatic heterocycles. The topological polar surface area (TPSA) is 54.3 Å². The number of hydrogen-bond acceptors (Lipinski definition) is 3. The molecule has 0 radical (unpaired) electrons. The van der Waals surface area contributed by atoms with Crippen molar-refractivity contribution in [2.45, 2.75) is 13.0 Å². The number of amides is 1. The Morgan fingerprint density at radius 3 is 2.94 bits per heavy atom. The molecule has 5 nitrogen and oxygen atoms in total. The quantitative estimate of drug-likeness (QED) is 0.697. The lowest BCUT2D eigenvalue weighted by Gasteiger charge is -2.10. The van der Waals surface area contributed by atoms with E-state index in [4.69, 9.17) is 0 Å². The number of nitrogens with one attached hydrogen (secondary N) is 1. The molecule has 1 heterocycles. The molecule has 0 aliphatic carbocycles. The molecule has 0 unspecified atom stereocenters. The largest absolute Gasteiger partial charge is 0.355 e. The second-order valence-corrected chi connectivity index (χ2v) is 4.15. The average Bonchev–Trinajstić information content (AvgIpc) is 2.73. The monoisotopic (exact) mass is 237 g/mol. The zero-order valence-electron chi connectivity index (χ0n) is 10.3. The van der Waals surface area contributed by atoms with E-state index in [1.807, 2.05) is 19.0 Å². The zero-order chi connectivity index (χ0) is 12.7. The van der Waals surface area contributed by atoms with Crippen molar-refractivity contribution in [3.8, 4) is 0 Å². The number of rotatable bonds is 7. The molecule has 94 valence electrons. The highest BCUT2D eigenvalue weighted by molar-refractivity contribution is 5.76. The van der Waals surface area contributed by atoms with Crippen molar-refractivity contribution in [1.29, 1.82) is 0 Å². The normalized spacial score (nSPS) is 10.5. The van der Waals surface area contributed by atoms with Crippen molar-refractivity contribution in [2.75, 3.05) is 27.2 Å². The van der Waals surface area contributed by atoms with Gasteiger partial charge in [-0.25, -0.2) is 0 Å². The molecule has 5 heteroatoms. The van der Waals surface area contributed by atoms with Gasteiger partial charge in [-0.3, -0.25) is 9.59 Å². The zero-order valence-corrected chi connectivity index (χ0v) is 10.3. The van der Waals surface area contributed by atoms with Gasteiger partial charge in [-0.1, -0.05) is 0 Å². The van der Waals surface area contributed by atoms with Gasteiger partial charge in [0, 0.05) is 32.3 Å². The van der Waals surface area contributed by atoms with E-state index >= 15 is 0 Å². The summed E-state index contributed by atoms with van der Waals surface area (Å²) in [7, 11) is 3.92. The van der Waals surface area contributed by atoms with Crippen molar-refractivity contribution in [3.63, 3.8) is 0 Å². The lowest BCUT2D eigenvalue weighted by atomic mass is 10.3. The first-order valence-electron chi connectivity index (χ1n) is 5.65. The van der Waals surface area contributed by atoms with E-state index in [0.717, 1.165) is 12.8 Å². The fourth-order valence-electron chi connectivity index (χ4n) is 1.47. The van der Waals surface area contributed by atoms with Crippen LogP contribution >= 0.6 is 0 Å². The Labute approximate surface area is 101 Å². The van der Waals surface area contributed by atoms with Crippen molar-refractivity contribution in [1.82, 2.24) is 14.8 Å². The maximum Gasteiger partial charge on any atom is 0.221 e. The van der Waals surface area contributed by atoms with Crippen LogP contribution in [0.3, 0.4) is 0 Å². The molecule has 0 saturated carbocycles. The number of carbonyl (C=O) groups excluding carboxylic acids is 2. The summed E-state index contributed by atoms with van der Waals surface area (Å²) >= 11 is 0. The molecule has 1 aromatic rings. The summed E-state index contributed by atoms with van der Waals surface area (Å²) in [6.07, 6.45) is 2.99. The van der Waals surface area contributed by atoms with Gasteiger partial charge in [0.05, 0.1) is 5.69 Å². The third kappa shape index (κ3) is 4.82. The van der Waals surface area contributed by atoms with Crippen LogP contribution in [0.1, 0.15) is 16.9 Å². The van der Waals surface area contributed by atoms with Gasteiger partial charge in [0.25, 0.3) is 0 Å². The highest BCUT2D eigenvalue weighted by Gasteiger charge is 2.03. The fraction of sp³-hybridized carbons (Fsp3) is 0.500. The van der Waals surface area contributed by atoms with E-state index in [0.29, 0.717) is 25.2 Å². The summed E-state index contributed by atoms with van der Waals surface area (Å²) in [4.78, 5) is 24.2. The highest BCUT2D eigenvalue weighted by Crippen LogP contribution is 2.00. The molecular weight excluding hydrogens is 218 g/mol. The molecule has 0 fully saturated rings. The molecule has 0 atom stereocenters. The Kier molecular flexibility index (Phi) is 5.42. The van der Waals surface area contributed by atoms with E-state index < -0.39 is 0 Å². The number of aromatic nitrogens is 1. The Hall–Kier alpha value is -1.62. The molecule has 0 aromatic carbocycles. The van der Waals surface area contributed by atoms with Gasteiger partial charge >= 0.3 is 0 Å². The van der Waals surface area contributed by atoms with Gasteiger partial charge < -0.3 is 14.8 Å². The Bertz CT molecular complexity index is 372. The molecule has 17 heavy (non-hydrogen) atoms. The second kappa shape index (κ2) is 6.85. The average molecular weight is 237 g/mol. The fourth-order valence-corrected chi connectivity index (χ4v) is 1.47. The van der Waals surface area contributed by atoms with E-state index in [1.54, 1.807) is 22.9 Å². The number of nitrogens with zero attached hydrogens (tertiary/aromatic N) is 2. The van der Waals surface area contributed by atoms with Gasteiger partial charge in [0.15, 0.2) is 6.29 Å². The van der Waals surface area contributed by atoms with Crippen LogP contribution in [-0.4, -0.2) is 48.8 Å². The second-order valence-electron chi connectivity index (χ2n) is 4.15. The summed E-state index contributed by atoms with van der Waals surface area (Å²) < 4.78 is 1.78. The molecule has 0 saturated heterocycles. The van der Waals surface area contributed by atoms with Crippen molar-refractivity contribution >= 4 is 12.2 Å². The number of aryl methyl sites for hydroxylation is 1. The van der Waals surface area contributed by atoms with E-state index in [2.05, 4.69) is 5.32 Å². The highest BCUT2D eigenvalue weighted by atomic mass is 16.1. The molecule has 0 aliphatic heterocycles. The van der Waals surface area contributed by atoms with E-state index in [9.17, 15) is 9.59 Å². The maximum absolute atomic E-state index is 11.5. The van der Waals surface area contributed by atoms with Gasteiger partial charge in [0.2, 0.25) is 5.91 Å². The first kappa shape index (κ1) is 13.4. The molecule has 1 rings (SSSR count). The smallest absolute Gasteiger partial charge is 0.221 e. The Balaban J connectivity index is 2.26. The standard InChI is InChI=1S/C12H19N3O2/c1-14(2)9-6-13-12(17)5-8-15-7-3-4-11(15)10-16/h3-4,7,10H,5-6,8-9H2,1-2H3,(H,13,17). The van der Waals surface area contributed by atoms with E-state index in [1.165, 1.54) is 0 Å². The summed E-state index contributed by atoms with van der Waals surface area (Å²) in [6.45, 7) is 2.02. The van der Waals surface area contributed by atoms with Gasteiger partial charge in [-0.15, -0.1) is 0 Å². The van der Waals surface area contributed by atoms with Crippen LogP contribution in [0, 0.1) is 0 Å². The number of carbonyl (C=O) groups is 2. The van der Waals surface area contributed by atoms with Crippen LogP contribution < -0.4 is 5.32 Å². The van der Waals surface area contributed by atoms with Gasteiger partial charge in [-0.05, 0) is 26.2 Å². The third-order valence-corrected chi connectivity index (χ3v) is 2.45. The SMILES string of the molecule is CN(C)CCNC(=O)CCn1cccc1C=O. The van der Waals surface area contributed by atoms with Gasteiger partial charge in [0.1, 0.15) is 0 Å². The number of likely N-dealkylation sites (N-methyl/N-ethyl adjacent to an activating group) is 1. The van der Waals surface area contributed by atoms with Crippen LogP contribution in [0.4, 0.5) is 0 Å².